The second-order valence-corrected chi connectivity index (χ2v) is 9.52. The third kappa shape index (κ3) is 5.35. The molecule has 0 fully saturated rings. The van der Waals surface area contributed by atoms with Crippen LogP contribution in [0.25, 0.3) is 0 Å². The standard InChI is InChI=1S/C19H22ClNO4S/c1-18(2,3)16-10-14(21-25-16)15(22)11-24-17(23)19(4,5)26-13-8-6-12(20)7-9-13/h6-10H,11H2,1-5H3. The minimum atomic E-state index is -0.853. The average molecular weight is 396 g/mol. The summed E-state index contributed by atoms with van der Waals surface area (Å²) in [4.78, 5) is 25.4. The molecule has 1 heterocycles. The molecule has 0 radical (unpaired) electrons. The number of nitrogens with zero attached hydrogens (tertiary/aromatic N) is 1. The summed E-state index contributed by atoms with van der Waals surface area (Å²) in [6.45, 7) is 8.98. The number of hydrogen-bond donors (Lipinski definition) is 0. The highest BCUT2D eigenvalue weighted by molar-refractivity contribution is 8.01. The van der Waals surface area contributed by atoms with Crippen LogP contribution in [0, 0.1) is 0 Å². The van der Waals surface area contributed by atoms with Gasteiger partial charge in [0.25, 0.3) is 0 Å². The number of carbonyl (C=O) groups excluding carboxylic acids is 2. The summed E-state index contributed by atoms with van der Waals surface area (Å²) in [5.74, 6) is -0.277. The molecule has 26 heavy (non-hydrogen) atoms. The first kappa shape index (κ1) is 20.5. The normalized spacial score (nSPS) is 12.1. The molecule has 5 nitrogen and oxygen atoms in total. The summed E-state index contributed by atoms with van der Waals surface area (Å²) in [5, 5.41) is 4.39. The van der Waals surface area contributed by atoms with E-state index in [-0.39, 0.29) is 17.7 Å². The van der Waals surface area contributed by atoms with Gasteiger partial charge in [-0.05, 0) is 38.1 Å². The molecule has 0 aliphatic heterocycles. The first-order valence-corrected chi connectivity index (χ1v) is 9.31. The van der Waals surface area contributed by atoms with Crippen LogP contribution in [0.1, 0.15) is 50.9 Å². The fraction of sp³-hybridized carbons (Fsp3) is 0.421. The zero-order valence-corrected chi connectivity index (χ0v) is 17.0. The van der Waals surface area contributed by atoms with Gasteiger partial charge in [-0.15, -0.1) is 11.8 Å². The second-order valence-electron chi connectivity index (χ2n) is 7.39. The van der Waals surface area contributed by atoms with Crippen molar-refractivity contribution in [2.75, 3.05) is 6.61 Å². The Morgan fingerprint density at radius 1 is 1.15 bits per heavy atom. The Bertz CT molecular complexity index is 791. The topological polar surface area (TPSA) is 69.4 Å². The lowest BCUT2D eigenvalue weighted by atomic mass is 9.93. The van der Waals surface area contributed by atoms with Crippen LogP contribution in [-0.2, 0) is 14.9 Å². The molecule has 140 valence electrons. The maximum Gasteiger partial charge on any atom is 0.322 e. The average Bonchev–Trinajstić information content (AvgIpc) is 3.04. The van der Waals surface area contributed by atoms with Gasteiger partial charge in [0, 0.05) is 21.4 Å². The van der Waals surface area contributed by atoms with Crippen molar-refractivity contribution in [2.45, 2.75) is 49.7 Å². The quantitative estimate of drug-likeness (QED) is 0.392. The maximum absolute atomic E-state index is 12.4. The van der Waals surface area contributed by atoms with Gasteiger partial charge in [-0.3, -0.25) is 9.59 Å². The Kier molecular flexibility index (Phi) is 6.19. The summed E-state index contributed by atoms with van der Waals surface area (Å²) in [6.07, 6.45) is 0. The van der Waals surface area contributed by atoms with Gasteiger partial charge < -0.3 is 9.26 Å². The van der Waals surface area contributed by atoms with E-state index in [1.807, 2.05) is 32.9 Å². The van der Waals surface area contributed by atoms with Gasteiger partial charge in [-0.25, -0.2) is 0 Å². The van der Waals surface area contributed by atoms with E-state index in [0.717, 1.165) is 4.90 Å². The van der Waals surface area contributed by atoms with E-state index < -0.39 is 16.5 Å². The molecule has 0 atom stereocenters. The molecule has 0 saturated heterocycles. The summed E-state index contributed by atoms with van der Waals surface area (Å²) >= 11 is 7.21. The summed E-state index contributed by atoms with van der Waals surface area (Å²) in [5.41, 5.74) is -0.0924. The smallest absolute Gasteiger partial charge is 0.322 e. The number of thioether (sulfide) groups is 1. The number of rotatable bonds is 6. The van der Waals surface area contributed by atoms with Crippen molar-refractivity contribution in [1.29, 1.82) is 0 Å². The summed E-state index contributed by atoms with van der Waals surface area (Å²) in [6, 6.07) is 8.76. The monoisotopic (exact) mass is 395 g/mol. The van der Waals surface area contributed by atoms with Gasteiger partial charge in [0.1, 0.15) is 10.5 Å². The number of benzene rings is 1. The molecular formula is C19H22ClNO4S. The Morgan fingerprint density at radius 3 is 2.31 bits per heavy atom. The molecule has 0 unspecified atom stereocenters. The molecule has 2 rings (SSSR count). The molecule has 2 aromatic rings. The highest BCUT2D eigenvalue weighted by atomic mass is 35.5. The molecule has 0 spiro atoms. The van der Waals surface area contributed by atoms with Crippen LogP contribution in [0.4, 0.5) is 0 Å². The molecule has 7 heteroatoms. The van der Waals surface area contributed by atoms with Crippen molar-refractivity contribution in [3.63, 3.8) is 0 Å². The van der Waals surface area contributed by atoms with Gasteiger partial charge >= 0.3 is 5.97 Å². The van der Waals surface area contributed by atoms with Gasteiger partial charge in [-0.1, -0.05) is 37.5 Å². The number of carbonyl (C=O) groups is 2. The minimum absolute atomic E-state index is 0.158. The van der Waals surface area contributed by atoms with E-state index in [4.69, 9.17) is 20.9 Å². The van der Waals surface area contributed by atoms with Crippen LogP contribution >= 0.6 is 23.4 Å². The van der Waals surface area contributed by atoms with Gasteiger partial charge in [-0.2, -0.15) is 0 Å². The SMILES string of the molecule is CC(C)(Sc1ccc(Cl)cc1)C(=O)OCC(=O)c1cc(C(C)(C)C)on1. The van der Waals surface area contributed by atoms with Crippen molar-refractivity contribution in [2.24, 2.45) is 0 Å². The van der Waals surface area contributed by atoms with E-state index in [0.29, 0.717) is 10.8 Å². The molecule has 0 aliphatic carbocycles. The molecular weight excluding hydrogens is 374 g/mol. The molecule has 0 saturated carbocycles. The number of ketones is 1. The summed E-state index contributed by atoms with van der Waals surface area (Å²) in [7, 11) is 0. The predicted octanol–water partition coefficient (Wildman–Crippen LogP) is 4.92. The largest absolute Gasteiger partial charge is 0.456 e. The van der Waals surface area contributed by atoms with Crippen molar-refractivity contribution >= 4 is 35.1 Å². The zero-order valence-electron chi connectivity index (χ0n) is 15.5. The lowest BCUT2D eigenvalue weighted by Crippen LogP contribution is -2.31. The lowest BCUT2D eigenvalue weighted by molar-refractivity contribution is -0.144. The van der Waals surface area contributed by atoms with Crippen LogP contribution in [0.3, 0.4) is 0 Å². The van der Waals surface area contributed by atoms with Crippen LogP contribution in [0.2, 0.25) is 5.02 Å². The maximum atomic E-state index is 12.4. The Balaban J connectivity index is 1.95. The lowest BCUT2D eigenvalue weighted by Gasteiger charge is -2.21. The predicted molar refractivity (Wildman–Crippen MR) is 102 cm³/mol. The Morgan fingerprint density at radius 2 is 1.77 bits per heavy atom. The van der Waals surface area contributed by atoms with Crippen LogP contribution < -0.4 is 0 Å². The number of hydrogen-bond acceptors (Lipinski definition) is 6. The van der Waals surface area contributed by atoms with Gasteiger partial charge in [0.05, 0.1) is 0 Å². The first-order chi connectivity index (χ1) is 12.0. The van der Waals surface area contributed by atoms with Crippen LogP contribution in [0.15, 0.2) is 39.8 Å². The molecule has 0 bridgehead atoms. The molecule has 1 aromatic carbocycles. The number of Topliss-reactive ketones (excluding diaryl/α,β-unsaturated/α-hetero) is 1. The van der Waals surface area contributed by atoms with Crippen molar-refractivity contribution in [1.82, 2.24) is 5.16 Å². The zero-order chi connectivity index (χ0) is 19.5. The number of halogens is 1. The van der Waals surface area contributed by atoms with E-state index in [2.05, 4.69) is 5.16 Å². The van der Waals surface area contributed by atoms with Crippen molar-refractivity contribution in [3.05, 3.63) is 46.8 Å². The Labute approximate surface area is 162 Å². The van der Waals surface area contributed by atoms with E-state index in [9.17, 15) is 9.59 Å². The fourth-order valence-electron chi connectivity index (χ4n) is 1.98. The van der Waals surface area contributed by atoms with Crippen LogP contribution in [0.5, 0.6) is 0 Å². The number of aromatic nitrogens is 1. The Hall–Kier alpha value is -1.79. The minimum Gasteiger partial charge on any atom is -0.456 e. The third-order valence-electron chi connectivity index (χ3n) is 3.55. The molecule has 1 aromatic heterocycles. The molecule has 0 aliphatic rings. The fourth-order valence-corrected chi connectivity index (χ4v) is 3.11. The van der Waals surface area contributed by atoms with Crippen LogP contribution in [-0.4, -0.2) is 28.3 Å². The van der Waals surface area contributed by atoms with Crippen molar-refractivity contribution < 1.29 is 18.8 Å². The number of esters is 1. The number of ether oxygens (including phenoxy) is 1. The highest BCUT2D eigenvalue weighted by Crippen LogP contribution is 2.34. The molecule has 0 N–H and O–H groups in total. The van der Waals surface area contributed by atoms with E-state index >= 15 is 0 Å². The molecule has 0 amide bonds. The summed E-state index contributed by atoms with van der Waals surface area (Å²) < 4.78 is 9.53. The van der Waals surface area contributed by atoms with Gasteiger partial charge in [0.2, 0.25) is 5.78 Å². The van der Waals surface area contributed by atoms with Gasteiger partial charge in [0.15, 0.2) is 12.3 Å². The first-order valence-electron chi connectivity index (χ1n) is 8.11. The van der Waals surface area contributed by atoms with Crippen molar-refractivity contribution in [3.8, 4) is 0 Å². The van der Waals surface area contributed by atoms with E-state index in [1.54, 1.807) is 32.0 Å². The van der Waals surface area contributed by atoms with E-state index in [1.165, 1.54) is 11.8 Å². The second kappa shape index (κ2) is 7.84. The highest BCUT2D eigenvalue weighted by Gasteiger charge is 2.32. The third-order valence-corrected chi connectivity index (χ3v) is 4.98.